The van der Waals surface area contributed by atoms with Crippen LogP contribution < -0.4 is 0 Å². The third kappa shape index (κ3) is 0.866. The molecule has 0 spiro atoms. The first-order chi connectivity index (χ1) is 5.70. The molecule has 2 nitrogen and oxygen atoms in total. The third-order valence-electron chi connectivity index (χ3n) is 3.62. The van der Waals surface area contributed by atoms with Crippen LogP contribution in [-0.4, -0.2) is 43.4 Å². The standard InChI is InChI=1S/C9H16FNO/c1-7-8(10)5-11-4-3-9(7,11)6-12-2/h7-8H,3-6H2,1-2H3/t7-,8+,9-/m0/s1. The van der Waals surface area contributed by atoms with Crippen LogP contribution in [0.3, 0.4) is 0 Å². The van der Waals surface area contributed by atoms with Gasteiger partial charge in [-0.3, -0.25) is 4.90 Å². The van der Waals surface area contributed by atoms with Crippen LogP contribution in [0.1, 0.15) is 13.3 Å². The Hall–Kier alpha value is -0.150. The van der Waals surface area contributed by atoms with Crippen LogP contribution in [0.25, 0.3) is 0 Å². The molecule has 0 aromatic carbocycles. The zero-order valence-electron chi connectivity index (χ0n) is 7.72. The molecule has 2 fully saturated rings. The van der Waals surface area contributed by atoms with Crippen LogP contribution >= 0.6 is 0 Å². The van der Waals surface area contributed by atoms with Gasteiger partial charge in [-0.2, -0.15) is 0 Å². The molecule has 2 aliphatic rings. The van der Waals surface area contributed by atoms with E-state index in [2.05, 4.69) is 4.90 Å². The van der Waals surface area contributed by atoms with Crippen molar-refractivity contribution in [3.8, 4) is 0 Å². The Balaban J connectivity index is 2.12. The molecule has 0 aromatic heterocycles. The molecular formula is C9H16FNO. The number of halogens is 1. The van der Waals surface area contributed by atoms with Crippen LogP contribution in [-0.2, 0) is 4.74 Å². The highest BCUT2D eigenvalue weighted by molar-refractivity contribution is 5.10. The zero-order chi connectivity index (χ0) is 8.77. The van der Waals surface area contributed by atoms with Crippen molar-refractivity contribution >= 4 is 0 Å². The molecule has 0 aliphatic carbocycles. The average Bonchev–Trinajstić information content (AvgIpc) is 2.18. The molecule has 0 bridgehead atoms. The van der Waals surface area contributed by atoms with Gasteiger partial charge in [0.2, 0.25) is 0 Å². The van der Waals surface area contributed by atoms with Gasteiger partial charge in [0, 0.05) is 26.1 Å². The van der Waals surface area contributed by atoms with E-state index in [1.807, 2.05) is 6.92 Å². The Bertz CT molecular complexity index is 187. The summed E-state index contributed by atoms with van der Waals surface area (Å²) in [5, 5.41) is 0. The summed E-state index contributed by atoms with van der Waals surface area (Å²) in [5.41, 5.74) is 0.0498. The molecule has 0 radical (unpaired) electrons. The summed E-state index contributed by atoms with van der Waals surface area (Å²) >= 11 is 0. The van der Waals surface area contributed by atoms with Crippen molar-refractivity contribution in [2.24, 2.45) is 5.92 Å². The minimum atomic E-state index is -0.650. The zero-order valence-corrected chi connectivity index (χ0v) is 7.72. The van der Waals surface area contributed by atoms with Gasteiger partial charge >= 0.3 is 0 Å². The number of ether oxygens (including phenoxy) is 1. The molecule has 2 aliphatic heterocycles. The predicted octanol–water partition coefficient (Wildman–Crippen LogP) is 1.07. The highest BCUT2D eigenvalue weighted by atomic mass is 19.1. The quantitative estimate of drug-likeness (QED) is 0.619. The fourth-order valence-corrected chi connectivity index (χ4v) is 2.60. The number of hydrogen-bond acceptors (Lipinski definition) is 2. The molecule has 2 saturated heterocycles. The fourth-order valence-electron chi connectivity index (χ4n) is 2.60. The Morgan fingerprint density at radius 1 is 1.67 bits per heavy atom. The van der Waals surface area contributed by atoms with Gasteiger partial charge in [-0.15, -0.1) is 0 Å². The lowest BCUT2D eigenvalue weighted by molar-refractivity contribution is -0.0561. The van der Waals surface area contributed by atoms with E-state index in [0.29, 0.717) is 13.2 Å². The first-order valence-corrected chi connectivity index (χ1v) is 4.59. The summed E-state index contributed by atoms with van der Waals surface area (Å²) in [6, 6.07) is 0. The maximum Gasteiger partial charge on any atom is 0.117 e. The van der Waals surface area contributed by atoms with Crippen molar-refractivity contribution in [3.05, 3.63) is 0 Å². The molecular weight excluding hydrogens is 157 g/mol. The third-order valence-corrected chi connectivity index (χ3v) is 3.62. The first kappa shape index (κ1) is 8.45. The molecule has 0 amide bonds. The van der Waals surface area contributed by atoms with Gasteiger partial charge in [-0.1, -0.05) is 6.92 Å². The molecule has 3 atom stereocenters. The van der Waals surface area contributed by atoms with Gasteiger partial charge in [0.1, 0.15) is 6.17 Å². The molecule has 0 aromatic rings. The lowest BCUT2D eigenvalue weighted by Gasteiger charge is -2.49. The molecule has 70 valence electrons. The second kappa shape index (κ2) is 2.67. The van der Waals surface area contributed by atoms with Crippen molar-refractivity contribution in [1.82, 2.24) is 4.90 Å². The maximum atomic E-state index is 13.3. The van der Waals surface area contributed by atoms with E-state index >= 15 is 0 Å². The van der Waals surface area contributed by atoms with E-state index < -0.39 is 6.17 Å². The topological polar surface area (TPSA) is 12.5 Å². The minimum absolute atomic E-state index is 0.0498. The van der Waals surface area contributed by atoms with E-state index in [1.165, 1.54) is 0 Å². The Labute approximate surface area is 72.7 Å². The van der Waals surface area contributed by atoms with Gasteiger partial charge < -0.3 is 4.74 Å². The summed E-state index contributed by atoms with van der Waals surface area (Å²) in [5.74, 6) is 0.145. The molecule has 3 heteroatoms. The Morgan fingerprint density at radius 3 is 2.83 bits per heavy atom. The fraction of sp³-hybridized carbons (Fsp3) is 1.00. The molecule has 0 unspecified atom stereocenters. The largest absolute Gasteiger partial charge is 0.383 e. The highest BCUT2D eigenvalue weighted by Crippen LogP contribution is 2.45. The SMILES string of the molecule is COC[C@]12CCN1C[C@@H](F)[C@@H]2C. The Morgan fingerprint density at radius 2 is 2.42 bits per heavy atom. The van der Waals surface area contributed by atoms with Crippen molar-refractivity contribution in [1.29, 1.82) is 0 Å². The lowest BCUT2D eigenvalue weighted by Crippen LogP contribution is -2.61. The molecule has 0 N–H and O–H groups in total. The van der Waals surface area contributed by atoms with E-state index in [-0.39, 0.29) is 11.5 Å². The van der Waals surface area contributed by atoms with Gasteiger partial charge in [0.25, 0.3) is 0 Å². The number of nitrogens with zero attached hydrogens (tertiary/aromatic N) is 1. The van der Waals surface area contributed by atoms with Crippen molar-refractivity contribution in [3.63, 3.8) is 0 Å². The Kier molecular flexibility index (Phi) is 1.88. The average molecular weight is 173 g/mol. The van der Waals surface area contributed by atoms with Crippen LogP contribution in [0.4, 0.5) is 4.39 Å². The van der Waals surface area contributed by atoms with Crippen LogP contribution in [0.5, 0.6) is 0 Å². The van der Waals surface area contributed by atoms with Gasteiger partial charge in [0.15, 0.2) is 0 Å². The summed E-state index contributed by atoms with van der Waals surface area (Å²) in [4.78, 5) is 2.23. The van der Waals surface area contributed by atoms with E-state index in [0.717, 1.165) is 13.0 Å². The van der Waals surface area contributed by atoms with Crippen molar-refractivity contribution < 1.29 is 9.13 Å². The number of alkyl halides is 1. The minimum Gasteiger partial charge on any atom is -0.383 e. The number of fused-ring (bicyclic) bond motifs is 1. The smallest absolute Gasteiger partial charge is 0.117 e. The van der Waals surface area contributed by atoms with Crippen molar-refractivity contribution in [2.75, 3.05) is 26.8 Å². The van der Waals surface area contributed by atoms with Crippen LogP contribution in [0.2, 0.25) is 0 Å². The summed E-state index contributed by atoms with van der Waals surface area (Å²) in [6.07, 6.45) is 0.449. The van der Waals surface area contributed by atoms with Gasteiger partial charge in [-0.25, -0.2) is 4.39 Å². The van der Waals surface area contributed by atoms with Crippen LogP contribution in [0.15, 0.2) is 0 Å². The first-order valence-electron chi connectivity index (χ1n) is 4.59. The second-order valence-corrected chi connectivity index (χ2v) is 4.04. The number of hydrogen-bond donors (Lipinski definition) is 0. The molecule has 12 heavy (non-hydrogen) atoms. The summed E-state index contributed by atoms with van der Waals surface area (Å²) in [6.45, 7) is 4.36. The van der Waals surface area contributed by atoms with Crippen molar-refractivity contribution in [2.45, 2.75) is 25.1 Å². The van der Waals surface area contributed by atoms with E-state index in [1.54, 1.807) is 7.11 Å². The predicted molar refractivity (Wildman–Crippen MR) is 44.9 cm³/mol. The highest BCUT2D eigenvalue weighted by Gasteiger charge is 2.57. The van der Waals surface area contributed by atoms with Crippen LogP contribution in [0, 0.1) is 5.92 Å². The maximum absolute atomic E-state index is 13.3. The summed E-state index contributed by atoms with van der Waals surface area (Å²) < 4.78 is 18.5. The normalized spacial score (nSPS) is 47.2. The molecule has 2 rings (SSSR count). The second-order valence-electron chi connectivity index (χ2n) is 4.04. The molecule has 0 saturated carbocycles. The van der Waals surface area contributed by atoms with Gasteiger partial charge in [0.05, 0.1) is 12.1 Å². The van der Waals surface area contributed by atoms with E-state index in [9.17, 15) is 4.39 Å². The van der Waals surface area contributed by atoms with Gasteiger partial charge in [-0.05, 0) is 6.42 Å². The lowest BCUT2D eigenvalue weighted by atomic mass is 9.78. The number of rotatable bonds is 2. The van der Waals surface area contributed by atoms with E-state index in [4.69, 9.17) is 4.74 Å². The molecule has 2 heterocycles. The number of methoxy groups -OCH3 is 1. The summed E-state index contributed by atoms with van der Waals surface area (Å²) in [7, 11) is 1.70. The monoisotopic (exact) mass is 173 g/mol.